The maximum atomic E-state index is 11.7. The van der Waals surface area contributed by atoms with Gasteiger partial charge in [-0.05, 0) is 42.5 Å². The average molecular weight is 357 g/mol. The monoisotopic (exact) mass is 355 g/mol. The zero-order chi connectivity index (χ0) is 14.5. The van der Waals surface area contributed by atoms with Gasteiger partial charge >= 0.3 is 0 Å². The summed E-state index contributed by atoms with van der Waals surface area (Å²) in [6, 6.07) is 11.5. The van der Waals surface area contributed by atoms with E-state index in [9.17, 15) is 9.90 Å². The SMILES string of the molecule is O=C(COc1ccc(Br)cc1)Nc1cc(Cl)ccc1O. The van der Waals surface area contributed by atoms with E-state index in [1.54, 1.807) is 12.1 Å². The Hall–Kier alpha value is -1.72. The summed E-state index contributed by atoms with van der Waals surface area (Å²) < 4.78 is 6.25. The van der Waals surface area contributed by atoms with Crippen molar-refractivity contribution >= 4 is 39.1 Å². The Morgan fingerprint density at radius 3 is 2.65 bits per heavy atom. The molecule has 6 heteroatoms. The van der Waals surface area contributed by atoms with Crippen LogP contribution in [0.2, 0.25) is 5.02 Å². The van der Waals surface area contributed by atoms with Gasteiger partial charge in [-0.3, -0.25) is 4.79 Å². The van der Waals surface area contributed by atoms with Crippen LogP contribution in [0.1, 0.15) is 0 Å². The third-order valence-corrected chi connectivity index (χ3v) is 3.18. The second-order valence-corrected chi connectivity index (χ2v) is 5.30. The zero-order valence-electron chi connectivity index (χ0n) is 10.3. The van der Waals surface area contributed by atoms with Gasteiger partial charge in [0.15, 0.2) is 6.61 Å². The van der Waals surface area contributed by atoms with Crippen LogP contribution in [0.5, 0.6) is 11.5 Å². The molecule has 0 radical (unpaired) electrons. The Balaban J connectivity index is 1.92. The van der Waals surface area contributed by atoms with Crippen molar-refractivity contribution in [2.24, 2.45) is 0 Å². The van der Waals surface area contributed by atoms with Gasteiger partial charge < -0.3 is 15.2 Å². The van der Waals surface area contributed by atoms with Crippen LogP contribution in [0.15, 0.2) is 46.9 Å². The minimum Gasteiger partial charge on any atom is -0.506 e. The number of carbonyl (C=O) groups is 1. The fourth-order valence-corrected chi connectivity index (χ4v) is 1.91. The van der Waals surface area contributed by atoms with Gasteiger partial charge in [0, 0.05) is 9.50 Å². The number of hydrogen-bond acceptors (Lipinski definition) is 3. The summed E-state index contributed by atoms with van der Waals surface area (Å²) >= 11 is 9.10. The molecular weight excluding hydrogens is 346 g/mol. The molecule has 2 aromatic carbocycles. The van der Waals surface area contributed by atoms with Crippen molar-refractivity contribution < 1.29 is 14.6 Å². The van der Waals surface area contributed by atoms with Crippen LogP contribution in [-0.2, 0) is 4.79 Å². The highest BCUT2D eigenvalue weighted by Crippen LogP contribution is 2.26. The van der Waals surface area contributed by atoms with E-state index in [2.05, 4.69) is 21.2 Å². The maximum Gasteiger partial charge on any atom is 0.262 e. The van der Waals surface area contributed by atoms with Crippen LogP contribution in [0.4, 0.5) is 5.69 Å². The molecule has 2 aromatic rings. The fourth-order valence-electron chi connectivity index (χ4n) is 1.47. The first-order valence-corrected chi connectivity index (χ1v) is 6.88. The number of ether oxygens (including phenoxy) is 1. The van der Waals surface area contributed by atoms with E-state index < -0.39 is 0 Å². The number of rotatable bonds is 4. The van der Waals surface area contributed by atoms with E-state index in [0.29, 0.717) is 10.8 Å². The van der Waals surface area contributed by atoms with Gasteiger partial charge in [-0.2, -0.15) is 0 Å². The van der Waals surface area contributed by atoms with Crippen molar-refractivity contribution in [3.63, 3.8) is 0 Å². The lowest BCUT2D eigenvalue weighted by atomic mass is 10.3. The van der Waals surface area contributed by atoms with Crippen molar-refractivity contribution in [3.8, 4) is 11.5 Å². The average Bonchev–Trinajstić information content (AvgIpc) is 2.42. The molecule has 0 aromatic heterocycles. The Labute approximate surface area is 129 Å². The molecule has 0 bridgehead atoms. The summed E-state index contributed by atoms with van der Waals surface area (Å²) in [5.41, 5.74) is 0.252. The van der Waals surface area contributed by atoms with E-state index in [1.165, 1.54) is 18.2 Å². The summed E-state index contributed by atoms with van der Waals surface area (Å²) in [6.45, 7) is -0.159. The quantitative estimate of drug-likeness (QED) is 0.819. The third kappa shape index (κ3) is 4.15. The number of phenolic OH excluding ortho intramolecular Hbond substituents is 1. The van der Waals surface area contributed by atoms with E-state index in [-0.39, 0.29) is 24.0 Å². The second kappa shape index (κ2) is 6.63. The summed E-state index contributed by atoms with van der Waals surface area (Å²) in [6.07, 6.45) is 0. The molecular formula is C14H11BrClNO3. The number of nitrogens with one attached hydrogen (secondary N) is 1. The van der Waals surface area contributed by atoms with Gasteiger partial charge in [-0.15, -0.1) is 0 Å². The molecule has 0 aliphatic carbocycles. The molecule has 0 heterocycles. The highest BCUT2D eigenvalue weighted by molar-refractivity contribution is 9.10. The van der Waals surface area contributed by atoms with Gasteiger partial charge in [0.25, 0.3) is 5.91 Å². The fraction of sp³-hybridized carbons (Fsp3) is 0.0714. The van der Waals surface area contributed by atoms with Gasteiger partial charge in [0.1, 0.15) is 11.5 Å². The second-order valence-electron chi connectivity index (χ2n) is 3.95. The first-order valence-electron chi connectivity index (χ1n) is 5.71. The molecule has 2 rings (SSSR count). The Kier molecular flexibility index (Phi) is 4.87. The number of hydrogen-bond donors (Lipinski definition) is 2. The van der Waals surface area contributed by atoms with Crippen molar-refractivity contribution in [3.05, 3.63) is 52.0 Å². The van der Waals surface area contributed by atoms with Crippen LogP contribution in [-0.4, -0.2) is 17.6 Å². The van der Waals surface area contributed by atoms with Gasteiger partial charge in [-0.25, -0.2) is 0 Å². The van der Waals surface area contributed by atoms with Crippen LogP contribution < -0.4 is 10.1 Å². The summed E-state index contributed by atoms with van der Waals surface area (Å²) in [7, 11) is 0. The Morgan fingerprint density at radius 2 is 1.95 bits per heavy atom. The predicted octanol–water partition coefficient (Wildman–Crippen LogP) is 3.83. The first-order chi connectivity index (χ1) is 9.54. The maximum absolute atomic E-state index is 11.7. The topological polar surface area (TPSA) is 58.6 Å². The molecule has 20 heavy (non-hydrogen) atoms. The summed E-state index contributed by atoms with van der Waals surface area (Å²) in [5.74, 6) is 0.149. The minimum atomic E-state index is -0.384. The van der Waals surface area contributed by atoms with E-state index in [4.69, 9.17) is 16.3 Å². The van der Waals surface area contributed by atoms with Crippen LogP contribution >= 0.6 is 27.5 Å². The zero-order valence-corrected chi connectivity index (χ0v) is 12.6. The molecule has 0 fully saturated rings. The Bertz CT molecular complexity index is 616. The molecule has 0 saturated carbocycles. The van der Waals surface area contributed by atoms with Crippen molar-refractivity contribution in [1.82, 2.24) is 0 Å². The van der Waals surface area contributed by atoms with Gasteiger partial charge in [-0.1, -0.05) is 27.5 Å². The number of phenols is 1. The smallest absolute Gasteiger partial charge is 0.262 e. The third-order valence-electron chi connectivity index (χ3n) is 2.42. The molecule has 2 N–H and O–H groups in total. The van der Waals surface area contributed by atoms with Crippen molar-refractivity contribution in [2.75, 3.05) is 11.9 Å². The van der Waals surface area contributed by atoms with Crippen LogP contribution in [0, 0.1) is 0 Å². The standard InChI is InChI=1S/C14H11BrClNO3/c15-9-1-4-11(5-2-9)20-8-14(19)17-12-7-10(16)3-6-13(12)18/h1-7,18H,8H2,(H,17,19). The number of carbonyl (C=O) groups excluding carboxylic acids is 1. The molecule has 0 unspecified atom stereocenters. The molecule has 0 aliphatic heterocycles. The number of amides is 1. The molecule has 0 spiro atoms. The number of anilines is 1. The van der Waals surface area contributed by atoms with E-state index in [1.807, 2.05) is 12.1 Å². The number of aromatic hydroxyl groups is 1. The largest absolute Gasteiger partial charge is 0.506 e. The van der Waals surface area contributed by atoms with E-state index in [0.717, 1.165) is 4.47 Å². The van der Waals surface area contributed by atoms with Crippen LogP contribution in [0.3, 0.4) is 0 Å². The number of halogens is 2. The summed E-state index contributed by atoms with van der Waals surface area (Å²) in [5, 5.41) is 12.5. The lowest BCUT2D eigenvalue weighted by Gasteiger charge is -2.09. The lowest BCUT2D eigenvalue weighted by molar-refractivity contribution is -0.118. The van der Waals surface area contributed by atoms with Crippen molar-refractivity contribution in [2.45, 2.75) is 0 Å². The lowest BCUT2D eigenvalue weighted by Crippen LogP contribution is -2.20. The van der Waals surface area contributed by atoms with Gasteiger partial charge in [0.05, 0.1) is 5.69 Å². The number of benzene rings is 2. The molecule has 1 amide bonds. The van der Waals surface area contributed by atoms with Crippen LogP contribution in [0.25, 0.3) is 0 Å². The molecule has 104 valence electrons. The highest BCUT2D eigenvalue weighted by Gasteiger charge is 2.08. The Morgan fingerprint density at radius 1 is 1.25 bits per heavy atom. The minimum absolute atomic E-state index is 0.0496. The highest BCUT2D eigenvalue weighted by atomic mass is 79.9. The molecule has 0 atom stereocenters. The molecule has 4 nitrogen and oxygen atoms in total. The normalized spacial score (nSPS) is 10.1. The first kappa shape index (κ1) is 14.7. The van der Waals surface area contributed by atoms with E-state index >= 15 is 0 Å². The molecule has 0 aliphatic rings. The van der Waals surface area contributed by atoms with Crippen molar-refractivity contribution in [1.29, 1.82) is 0 Å². The van der Waals surface area contributed by atoms with Gasteiger partial charge in [0.2, 0.25) is 0 Å². The predicted molar refractivity (Wildman–Crippen MR) is 81.4 cm³/mol. The summed E-state index contributed by atoms with van der Waals surface area (Å²) in [4.78, 5) is 11.7. The molecule has 0 saturated heterocycles.